The molecule has 5 nitrogen and oxygen atoms in total. The molecule has 0 fully saturated rings. The number of carbonyl (C=O) groups excluding carboxylic acids is 2. The molecule has 0 atom stereocenters. The lowest BCUT2D eigenvalue weighted by molar-refractivity contribution is 0.0600. The van der Waals surface area contributed by atoms with Crippen molar-refractivity contribution >= 4 is 28.5 Å². The van der Waals surface area contributed by atoms with Crippen molar-refractivity contribution < 1.29 is 14.3 Å². The number of aromatic amines is 1. The molecule has 1 heterocycles. The zero-order valence-electron chi connectivity index (χ0n) is 11.9. The second-order valence-corrected chi connectivity index (χ2v) is 4.79. The minimum Gasteiger partial charge on any atom is -0.465 e. The summed E-state index contributed by atoms with van der Waals surface area (Å²) in [4.78, 5) is 26.6. The summed E-state index contributed by atoms with van der Waals surface area (Å²) in [6.07, 6.45) is 0. The lowest BCUT2D eigenvalue weighted by atomic mass is 10.2. The maximum absolute atomic E-state index is 12.2. The fourth-order valence-electron chi connectivity index (χ4n) is 2.20. The smallest absolute Gasteiger partial charge is 0.337 e. The van der Waals surface area contributed by atoms with Crippen molar-refractivity contribution in [2.45, 2.75) is 0 Å². The molecule has 3 aromatic rings. The molecule has 3 rings (SSSR count). The van der Waals surface area contributed by atoms with Crippen LogP contribution in [0.5, 0.6) is 0 Å². The van der Waals surface area contributed by atoms with Crippen LogP contribution in [-0.2, 0) is 4.74 Å². The molecular formula is C17H14N2O3. The molecule has 2 N–H and O–H groups in total. The predicted octanol–water partition coefficient (Wildman–Crippen LogP) is 3.21. The second kappa shape index (κ2) is 5.73. The Morgan fingerprint density at radius 1 is 1.05 bits per heavy atom. The van der Waals surface area contributed by atoms with Gasteiger partial charge in [-0.1, -0.05) is 18.2 Å². The van der Waals surface area contributed by atoms with Gasteiger partial charge >= 0.3 is 5.97 Å². The van der Waals surface area contributed by atoms with E-state index in [1.54, 1.807) is 30.3 Å². The molecule has 5 heteroatoms. The van der Waals surface area contributed by atoms with Gasteiger partial charge in [-0.25, -0.2) is 4.79 Å². The van der Waals surface area contributed by atoms with Crippen molar-refractivity contribution in [3.05, 3.63) is 65.9 Å². The van der Waals surface area contributed by atoms with Crippen LogP contribution in [0.3, 0.4) is 0 Å². The van der Waals surface area contributed by atoms with Gasteiger partial charge in [0.05, 0.1) is 12.7 Å². The van der Waals surface area contributed by atoms with E-state index in [4.69, 9.17) is 0 Å². The minimum atomic E-state index is -0.409. The first kappa shape index (κ1) is 13.9. The number of methoxy groups -OCH3 is 1. The number of benzene rings is 2. The van der Waals surface area contributed by atoms with Gasteiger partial charge < -0.3 is 15.0 Å². The van der Waals surface area contributed by atoms with E-state index in [2.05, 4.69) is 15.0 Å². The maximum atomic E-state index is 12.2. The number of aromatic nitrogens is 1. The van der Waals surface area contributed by atoms with Crippen molar-refractivity contribution in [3.8, 4) is 0 Å². The van der Waals surface area contributed by atoms with Crippen LogP contribution in [-0.4, -0.2) is 24.0 Å². The number of rotatable bonds is 3. The Bertz CT molecular complexity index is 801. The van der Waals surface area contributed by atoms with Gasteiger partial charge in [-0.05, 0) is 36.4 Å². The highest BCUT2D eigenvalue weighted by atomic mass is 16.5. The third-order valence-electron chi connectivity index (χ3n) is 3.34. The Hall–Kier alpha value is -3.08. The Morgan fingerprint density at radius 3 is 2.45 bits per heavy atom. The average molecular weight is 294 g/mol. The van der Waals surface area contributed by atoms with Gasteiger partial charge in [-0.2, -0.15) is 0 Å². The highest BCUT2D eigenvalue weighted by Crippen LogP contribution is 2.16. The van der Waals surface area contributed by atoms with Gasteiger partial charge in [0.25, 0.3) is 5.91 Å². The molecule has 0 saturated carbocycles. The van der Waals surface area contributed by atoms with Crippen LogP contribution < -0.4 is 5.32 Å². The van der Waals surface area contributed by atoms with Crippen molar-refractivity contribution in [3.63, 3.8) is 0 Å². The van der Waals surface area contributed by atoms with Crippen molar-refractivity contribution in [1.82, 2.24) is 4.98 Å². The topological polar surface area (TPSA) is 71.2 Å². The Kier molecular flexibility index (Phi) is 3.62. The number of amides is 1. The number of H-pyrrole nitrogens is 1. The molecule has 0 spiro atoms. The molecule has 0 aliphatic carbocycles. The molecule has 0 saturated heterocycles. The van der Waals surface area contributed by atoms with Crippen LogP contribution in [0.4, 0.5) is 5.69 Å². The third-order valence-corrected chi connectivity index (χ3v) is 3.34. The fraction of sp³-hybridized carbons (Fsp3) is 0.0588. The number of hydrogen-bond donors (Lipinski definition) is 2. The SMILES string of the molecule is COC(=O)c1ccc(NC(=O)c2cc3ccccc3[nH]2)cc1. The summed E-state index contributed by atoms with van der Waals surface area (Å²) in [5.74, 6) is -0.643. The summed E-state index contributed by atoms with van der Waals surface area (Å²) in [5.41, 5.74) is 2.44. The van der Waals surface area contributed by atoms with Crippen molar-refractivity contribution in [1.29, 1.82) is 0 Å². The first-order valence-corrected chi connectivity index (χ1v) is 6.75. The van der Waals surface area contributed by atoms with Gasteiger partial charge in [-0.3, -0.25) is 4.79 Å². The Labute approximate surface area is 126 Å². The lowest BCUT2D eigenvalue weighted by Gasteiger charge is -2.04. The average Bonchev–Trinajstić information content (AvgIpc) is 2.99. The summed E-state index contributed by atoms with van der Waals surface area (Å²) < 4.78 is 4.63. The predicted molar refractivity (Wildman–Crippen MR) is 84.0 cm³/mol. The van der Waals surface area contributed by atoms with Crippen LogP contribution >= 0.6 is 0 Å². The highest BCUT2D eigenvalue weighted by molar-refractivity contribution is 6.06. The van der Waals surface area contributed by atoms with Crippen LogP contribution in [0.25, 0.3) is 10.9 Å². The number of anilines is 1. The van der Waals surface area contributed by atoms with Gasteiger partial charge in [0, 0.05) is 16.6 Å². The third kappa shape index (κ3) is 2.69. The quantitative estimate of drug-likeness (QED) is 0.729. The number of carbonyl (C=O) groups is 2. The summed E-state index contributed by atoms with van der Waals surface area (Å²) >= 11 is 0. The number of fused-ring (bicyclic) bond motifs is 1. The second-order valence-electron chi connectivity index (χ2n) is 4.79. The normalized spacial score (nSPS) is 10.4. The molecule has 22 heavy (non-hydrogen) atoms. The van der Waals surface area contributed by atoms with E-state index < -0.39 is 5.97 Å². The molecule has 0 aliphatic rings. The molecule has 2 aromatic carbocycles. The summed E-state index contributed by atoms with van der Waals surface area (Å²) in [6, 6.07) is 16.0. The number of ether oxygens (including phenoxy) is 1. The molecule has 0 radical (unpaired) electrons. The van der Waals surface area contributed by atoms with Gasteiger partial charge in [0.1, 0.15) is 5.69 Å². The molecule has 0 unspecified atom stereocenters. The standard InChI is InChI=1S/C17H14N2O3/c1-22-17(21)11-6-8-13(9-7-11)18-16(20)15-10-12-4-2-3-5-14(12)19-15/h2-10,19H,1H3,(H,18,20). The number of nitrogens with one attached hydrogen (secondary N) is 2. The molecule has 0 bridgehead atoms. The molecule has 0 aliphatic heterocycles. The fourth-order valence-corrected chi connectivity index (χ4v) is 2.20. The van der Waals surface area contributed by atoms with E-state index in [1.807, 2.05) is 24.3 Å². The Morgan fingerprint density at radius 2 is 1.77 bits per heavy atom. The highest BCUT2D eigenvalue weighted by Gasteiger charge is 2.10. The van der Waals surface area contributed by atoms with Crippen molar-refractivity contribution in [2.24, 2.45) is 0 Å². The van der Waals surface area contributed by atoms with Gasteiger partial charge in [-0.15, -0.1) is 0 Å². The van der Waals surface area contributed by atoms with Gasteiger partial charge in [0.2, 0.25) is 0 Å². The molecule has 1 aromatic heterocycles. The van der Waals surface area contributed by atoms with Crippen LogP contribution in [0, 0.1) is 0 Å². The first-order valence-electron chi connectivity index (χ1n) is 6.75. The zero-order chi connectivity index (χ0) is 15.5. The first-order chi connectivity index (χ1) is 10.7. The van der Waals surface area contributed by atoms with Crippen LogP contribution in [0.2, 0.25) is 0 Å². The maximum Gasteiger partial charge on any atom is 0.337 e. The number of esters is 1. The molecule has 1 amide bonds. The Balaban J connectivity index is 1.77. The monoisotopic (exact) mass is 294 g/mol. The summed E-state index contributed by atoms with van der Waals surface area (Å²) in [6.45, 7) is 0. The molecular weight excluding hydrogens is 280 g/mol. The van der Waals surface area contributed by atoms with Crippen LogP contribution in [0.1, 0.15) is 20.8 Å². The van der Waals surface area contributed by atoms with E-state index in [0.29, 0.717) is 16.9 Å². The van der Waals surface area contributed by atoms with E-state index in [-0.39, 0.29) is 5.91 Å². The zero-order valence-corrected chi connectivity index (χ0v) is 11.9. The summed E-state index contributed by atoms with van der Waals surface area (Å²) in [5, 5.41) is 3.76. The van der Waals surface area contributed by atoms with E-state index >= 15 is 0 Å². The van der Waals surface area contributed by atoms with Crippen molar-refractivity contribution in [2.75, 3.05) is 12.4 Å². The van der Waals surface area contributed by atoms with E-state index in [0.717, 1.165) is 10.9 Å². The minimum absolute atomic E-state index is 0.234. The van der Waals surface area contributed by atoms with Gasteiger partial charge in [0.15, 0.2) is 0 Å². The number of para-hydroxylation sites is 1. The van der Waals surface area contributed by atoms with Crippen LogP contribution in [0.15, 0.2) is 54.6 Å². The molecule has 110 valence electrons. The van der Waals surface area contributed by atoms with E-state index in [1.165, 1.54) is 7.11 Å². The largest absolute Gasteiger partial charge is 0.465 e. The van der Waals surface area contributed by atoms with E-state index in [9.17, 15) is 9.59 Å². The lowest BCUT2D eigenvalue weighted by Crippen LogP contribution is -2.12. The number of hydrogen-bond acceptors (Lipinski definition) is 3. The summed E-state index contributed by atoms with van der Waals surface area (Å²) in [7, 11) is 1.33.